The van der Waals surface area contributed by atoms with E-state index in [0.717, 1.165) is 16.7 Å². The molecule has 0 fully saturated rings. The molecular formula is C15H14BrF2N. The number of hydrogen-bond acceptors (Lipinski definition) is 1. The predicted octanol–water partition coefficient (Wildman–Crippen LogP) is 4.28. The van der Waals surface area contributed by atoms with Crippen molar-refractivity contribution in [1.82, 2.24) is 0 Å². The number of halogens is 3. The molecule has 2 N–H and O–H groups in total. The summed E-state index contributed by atoms with van der Waals surface area (Å²) in [5.74, 6) is -0.597. The van der Waals surface area contributed by atoms with E-state index in [-0.39, 0.29) is 17.7 Å². The summed E-state index contributed by atoms with van der Waals surface area (Å²) in [7, 11) is 0. The molecular weight excluding hydrogens is 312 g/mol. The van der Waals surface area contributed by atoms with Gasteiger partial charge in [-0.05, 0) is 54.3 Å². The maximum absolute atomic E-state index is 13.3. The molecule has 2 aromatic rings. The number of benzene rings is 2. The van der Waals surface area contributed by atoms with Gasteiger partial charge < -0.3 is 5.73 Å². The van der Waals surface area contributed by atoms with Crippen LogP contribution in [0, 0.1) is 18.6 Å². The molecule has 1 atom stereocenters. The van der Waals surface area contributed by atoms with E-state index in [1.165, 1.54) is 24.3 Å². The van der Waals surface area contributed by atoms with Crippen molar-refractivity contribution in [3.8, 4) is 0 Å². The highest BCUT2D eigenvalue weighted by Crippen LogP contribution is 2.25. The van der Waals surface area contributed by atoms with E-state index in [9.17, 15) is 8.78 Å². The van der Waals surface area contributed by atoms with Crippen molar-refractivity contribution in [3.05, 3.63) is 69.2 Å². The predicted molar refractivity (Wildman–Crippen MR) is 75.9 cm³/mol. The second kappa shape index (κ2) is 5.80. The minimum absolute atomic E-state index is 0.297. The fourth-order valence-corrected chi connectivity index (χ4v) is 2.56. The Labute approximate surface area is 119 Å². The Morgan fingerprint density at radius 1 is 1.11 bits per heavy atom. The third kappa shape index (κ3) is 3.39. The molecule has 0 bridgehead atoms. The summed E-state index contributed by atoms with van der Waals surface area (Å²) in [6.45, 7) is 1.90. The first-order valence-electron chi connectivity index (χ1n) is 5.93. The zero-order valence-electron chi connectivity index (χ0n) is 10.5. The number of rotatable bonds is 3. The smallest absolute Gasteiger partial charge is 0.124 e. The molecule has 0 saturated carbocycles. The van der Waals surface area contributed by atoms with Crippen molar-refractivity contribution in [2.24, 2.45) is 5.73 Å². The van der Waals surface area contributed by atoms with Crippen LogP contribution in [-0.2, 0) is 6.42 Å². The largest absolute Gasteiger partial charge is 0.324 e. The van der Waals surface area contributed by atoms with E-state index in [1.54, 1.807) is 12.1 Å². The summed E-state index contributed by atoms with van der Waals surface area (Å²) < 4.78 is 27.0. The van der Waals surface area contributed by atoms with Gasteiger partial charge in [0.2, 0.25) is 0 Å². The lowest BCUT2D eigenvalue weighted by molar-refractivity contribution is 0.615. The molecule has 19 heavy (non-hydrogen) atoms. The number of nitrogens with two attached hydrogens (primary N) is 1. The Bertz CT molecular complexity index is 599. The lowest BCUT2D eigenvalue weighted by Crippen LogP contribution is -2.15. The standard InChI is InChI=1S/C15H14BrF2N/c1-9-2-4-11(17)7-13(9)15(19)6-10-3-5-12(18)8-14(10)16/h2-5,7-8,15H,6,19H2,1H3. The number of hydrogen-bond donors (Lipinski definition) is 1. The molecule has 0 heterocycles. The van der Waals surface area contributed by atoms with Gasteiger partial charge in [0.1, 0.15) is 11.6 Å². The van der Waals surface area contributed by atoms with Gasteiger partial charge in [0, 0.05) is 10.5 Å². The minimum Gasteiger partial charge on any atom is -0.324 e. The SMILES string of the molecule is Cc1ccc(F)cc1C(N)Cc1ccc(F)cc1Br. The molecule has 0 aliphatic rings. The minimum atomic E-state index is -0.322. The Hall–Kier alpha value is -1.26. The van der Waals surface area contributed by atoms with Gasteiger partial charge >= 0.3 is 0 Å². The maximum atomic E-state index is 13.3. The number of aryl methyl sites for hydroxylation is 1. The zero-order valence-corrected chi connectivity index (χ0v) is 12.0. The second-order valence-corrected chi connectivity index (χ2v) is 5.40. The molecule has 0 aliphatic heterocycles. The maximum Gasteiger partial charge on any atom is 0.124 e. The van der Waals surface area contributed by atoms with E-state index >= 15 is 0 Å². The molecule has 0 radical (unpaired) electrons. The fraction of sp³-hybridized carbons (Fsp3) is 0.200. The van der Waals surface area contributed by atoms with Crippen LogP contribution in [0.2, 0.25) is 0 Å². The van der Waals surface area contributed by atoms with Crippen molar-refractivity contribution in [2.75, 3.05) is 0 Å². The Balaban J connectivity index is 2.25. The third-order valence-corrected chi connectivity index (χ3v) is 3.83. The van der Waals surface area contributed by atoms with Crippen molar-refractivity contribution in [2.45, 2.75) is 19.4 Å². The van der Waals surface area contributed by atoms with E-state index in [1.807, 2.05) is 6.92 Å². The van der Waals surface area contributed by atoms with Crippen LogP contribution in [0.3, 0.4) is 0 Å². The molecule has 2 rings (SSSR count). The molecule has 0 aromatic heterocycles. The van der Waals surface area contributed by atoms with Gasteiger partial charge in [-0.3, -0.25) is 0 Å². The van der Waals surface area contributed by atoms with E-state index in [0.29, 0.717) is 10.9 Å². The first-order chi connectivity index (χ1) is 8.97. The summed E-state index contributed by atoms with van der Waals surface area (Å²) >= 11 is 3.31. The van der Waals surface area contributed by atoms with Crippen LogP contribution in [-0.4, -0.2) is 0 Å². The first-order valence-corrected chi connectivity index (χ1v) is 6.72. The topological polar surface area (TPSA) is 26.0 Å². The highest BCUT2D eigenvalue weighted by molar-refractivity contribution is 9.10. The third-order valence-electron chi connectivity index (χ3n) is 3.10. The van der Waals surface area contributed by atoms with Gasteiger partial charge in [-0.2, -0.15) is 0 Å². The van der Waals surface area contributed by atoms with Gasteiger partial charge in [-0.25, -0.2) is 8.78 Å². The molecule has 1 nitrogen and oxygen atoms in total. The van der Waals surface area contributed by atoms with Crippen LogP contribution in [0.15, 0.2) is 40.9 Å². The summed E-state index contributed by atoms with van der Waals surface area (Å²) in [5, 5.41) is 0. The summed E-state index contributed by atoms with van der Waals surface area (Å²) in [5.41, 5.74) is 8.75. The van der Waals surface area contributed by atoms with Crippen LogP contribution in [0.1, 0.15) is 22.7 Å². The van der Waals surface area contributed by atoms with Crippen LogP contribution >= 0.6 is 15.9 Å². The molecule has 0 aliphatic carbocycles. The summed E-state index contributed by atoms with van der Waals surface area (Å²) in [4.78, 5) is 0. The van der Waals surface area contributed by atoms with Gasteiger partial charge in [0.15, 0.2) is 0 Å². The molecule has 0 spiro atoms. The first kappa shape index (κ1) is 14.2. The van der Waals surface area contributed by atoms with Crippen LogP contribution in [0.4, 0.5) is 8.78 Å². The van der Waals surface area contributed by atoms with Gasteiger partial charge in [0.25, 0.3) is 0 Å². The van der Waals surface area contributed by atoms with E-state index in [2.05, 4.69) is 15.9 Å². The van der Waals surface area contributed by atoms with Crippen LogP contribution in [0.5, 0.6) is 0 Å². The molecule has 1 unspecified atom stereocenters. The molecule has 0 amide bonds. The molecule has 0 saturated heterocycles. The lowest BCUT2D eigenvalue weighted by atomic mass is 9.96. The van der Waals surface area contributed by atoms with Crippen LogP contribution in [0.25, 0.3) is 0 Å². The van der Waals surface area contributed by atoms with Crippen molar-refractivity contribution in [1.29, 1.82) is 0 Å². The quantitative estimate of drug-likeness (QED) is 0.895. The molecule has 4 heteroatoms. The van der Waals surface area contributed by atoms with Crippen LogP contribution < -0.4 is 5.73 Å². The fourth-order valence-electron chi connectivity index (χ4n) is 2.04. The summed E-state index contributed by atoms with van der Waals surface area (Å²) in [6, 6.07) is 8.75. The second-order valence-electron chi connectivity index (χ2n) is 4.55. The lowest BCUT2D eigenvalue weighted by Gasteiger charge is -2.16. The monoisotopic (exact) mass is 325 g/mol. The van der Waals surface area contributed by atoms with E-state index < -0.39 is 0 Å². The molecule has 100 valence electrons. The Kier molecular flexibility index (Phi) is 4.32. The van der Waals surface area contributed by atoms with Crippen molar-refractivity contribution < 1.29 is 8.78 Å². The van der Waals surface area contributed by atoms with E-state index in [4.69, 9.17) is 5.73 Å². The van der Waals surface area contributed by atoms with Crippen molar-refractivity contribution >= 4 is 15.9 Å². The highest BCUT2D eigenvalue weighted by Gasteiger charge is 2.13. The van der Waals surface area contributed by atoms with Gasteiger partial charge in [-0.1, -0.05) is 28.1 Å². The normalized spacial score (nSPS) is 12.5. The van der Waals surface area contributed by atoms with Crippen molar-refractivity contribution in [3.63, 3.8) is 0 Å². The van der Waals surface area contributed by atoms with Gasteiger partial charge in [0.05, 0.1) is 0 Å². The average molecular weight is 326 g/mol. The van der Waals surface area contributed by atoms with Gasteiger partial charge in [-0.15, -0.1) is 0 Å². The Morgan fingerprint density at radius 2 is 1.74 bits per heavy atom. The Morgan fingerprint density at radius 3 is 2.42 bits per heavy atom. The zero-order chi connectivity index (χ0) is 14.0. The summed E-state index contributed by atoms with van der Waals surface area (Å²) in [6.07, 6.45) is 0.519. The highest BCUT2D eigenvalue weighted by atomic mass is 79.9. The average Bonchev–Trinajstić information content (AvgIpc) is 2.35. The molecule has 2 aromatic carbocycles.